The number of tetrazole rings is 2. The standard InChI is InChI=1S/C24H28N10/c1-19-5-9-21(10-6-19)33-23(25-27-29-33)13-15-31(3)17-18-32(4)16-14-24-26-28-30-34(24)22-11-7-20(2)8-12-22/h5-16H,17-18H2,1-4H3/b15-13+,16-14+. The molecule has 0 saturated heterocycles. The molecule has 174 valence electrons. The van der Waals surface area contributed by atoms with Crippen molar-refractivity contribution in [3.05, 3.63) is 83.7 Å². The third-order valence-electron chi connectivity index (χ3n) is 5.31. The normalized spacial score (nSPS) is 11.5. The molecule has 0 fully saturated rings. The molecule has 0 atom stereocenters. The molecular formula is C24H28N10. The van der Waals surface area contributed by atoms with Gasteiger partial charge in [-0.3, -0.25) is 0 Å². The predicted molar refractivity (Wildman–Crippen MR) is 131 cm³/mol. The van der Waals surface area contributed by atoms with Gasteiger partial charge in [0.05, 0.1) is 11.4 Å². The number of rotatable bonds is 9. The first-order chi connectivity index (χ1) is 16.5. The highest BCUT2D eigenvalue weighted by Crippen LogP contribution is 2.12. The summed E-state index contributed by atoms with van der Waals surface area (Å²) in [6.07, 6.45) is 7.77. The van der Waals surface area contributed by atoms with Crippen molar-refractivity contribution in [2.45, 2.75) is 13.8 Å². The highest BCUT2D eigenvalue weighted by Gasteiger charge is 2.07. The monoisotopic (exact) mass is 456 g/mol. The third kappa shape index (κ3) is 5.71. The number of aryl methyl sites for hydroxylation is 2. The van der Waals surface area contributed by atoms with Crippen LogP contribution in [0, 0.1) is 13.8 Å². The second-order valence-electron chi connectivity index (χ2n) is 8.16. The van der Waals surface area contributed by atoms with Gasteiger partial charge in [0.15, 0.2) is 11.6 Å². The Hall–Kier alpha value is -4.34. The Morgan fingerprint density at radius 1 is 0.647 bits per heavy atom. The Morgan fingerprint density at radius 2 is 1.03 bits per heavy atom. The molecule has 0 radical (unpaired) electrons. The number of likely N-dealkylation sites (N-methyl/N-ethyl adjacent to an activating group) is 2. The average molecular weight is 457 g/mol. The predicted octanol–water partition coefficient (Wildman–Crippen LogP) is 2.76. The molecular weight excluding hydrogens is 428 g/mol. The van der Waals surface area contributed by atoms with Crippen molar-refractivity contribution in [2.24, 2.45) is 0 Å². The van der Waals surface area contributed by atoms with Crippen LogP contribution in [0.5, 0.6) is 0 Å². The largest absolute Gasteiger partial charge is 0.379 e. The minimum Gasteiger partial charge on any atom is -0.379 e. The van der Waals surface area contributed by atoms with Crippen molar-refractivity contribution < 1.29 is 0 Å². The van der Waals surface area contributed by atoms with Crippen LogP contribution in [0.3, 0.4) is 0 Å². The lowest BCUT2D eigenvalue weighted by Gasteiger charge is -2.19. The molecule has 0 saturated carbocycles. The number of aromatic nitrogens is 8. The lowest BCUT2D eigenvalue weighted by atomic mass is 10.2. The van der Waals surface area contributed by atoms with Crippen LogP contribution in [0.1, 0.15) is 22.8 Å². The van der Waals surface area contributed by atoms with Gasteiger partial charge in [-0.25, -0.2) is 0 Å². The fraction of sp³-hybridized carbons (Fsp3) is 0.250. The van der Waals surface area contributed by atoms with Gasteiger partial charge >= 0.3 is 0 Å². The Kier molecular flexibility index (Phi) is 7.07. The van der Waals surface area contributed by atoms with Crippen LogP contribution in [-0.4, -0.2) is 77.4 Å². The van der Waals surface area contributed by atoms with Gasteiger partial charge in [0.2, 0.25) is 0 Å². The summed E-state index contributed by atoms with van der Waals surface area (Å²) < 4.78 is 3.44. The maximum Gasteiger partial charge on any atom is 0.181 e. The molecule has 0 bridgehead atoms. The summed E-state index contributed by atoms with van der Waals surface area (Å²) in [5.41, 5.74) is 4.24. The van der Waals surface area contributed by atoms with Crippen molar-refractivity contribution in [3.8, 4) is 11.4 Å². The van der Waals surface area contributed by atoms with Crippen molar-refractivity contribution >= 4 is 12.2 Å². The van der Waals surface area contributed by atoms with E-state index in [1.807, 2.05) is 87.2 Å². The number of benzene rings is 2. The highest BCUT2D eigenvalue weighted by molar-refractivity contribution is 5.45. The molecule has 2 aromatic carbocycles. The summed E-state index contributed by atoms with van der Waals surface area (Å²) in [5.74, 6) is 1.35. The molecule has 34 heavy (non-hydrogen) atoms. The lowest BCUT2D eigenvalue weighted by Crippen LogP contribution is -2.24. The van der Waals surface area contributed by atoms with E-state index in [2.05, 4.69) is 54.7 Å². The molecule has 10 nitrogen and oxygen atoms in total. The smallest absolute Gasteiger partial charge is 0.181 e. The summed E-state index contributed by atoms with van der Waals surface area (Å²) in [7, 11) is 4.04. The van der Waals surface area contributed by atoms with E-state index >= 15 is 0 Å². The topological polar surface area (TPSA) is 93.7 Å². The summed E-state index contributed by atoms with van der Waals surface area (Å²) in [4.78, 5) is 4.18. The lowest BCUT2D eigenvalue weighted by molar-refractivity contribution is 0.367. The first-order valence-electron chi connectivity index (χ1n) is 11.0. The number of hydrogen-bond donors (Lipinski definition) is 0. The maximum absolute atomic E-state index is 4.12. The number of hydrogen-bond acceptors (Lipinski definition) is 8. The quantitative estimate of drug-likeness (QED) is 0.380. The molecule has 0 N–H and O–H groups in total. The van der Waals surface area contributed by atoms with Crippen molar-refractivity contribution in [3.63, 3.8) is 0 Å². The summed E-state index contributed by atoms with van der Waals surface area (Å²) in [6.45, 7) is 5.73. The van der Waals surface area contributed by atoms with Gasteiger partial charge in [-0.1, -0.05) is 35.4 Å². The highest BCUT2D eigenvalue weighted by atomic mass is 15.5. The van der Waals surface area contributed by atoms with Gasteiger partial charge in [-0.15, -0.1) is 10.2 Å². The van der Waals surface area contributed by atoms with E-state index in [9.17, 15) is 0 Å². The van der Waals surface area contributed by atoms with Crippen LogP contribution in [0.15, 0.2) is 60.9 Å². The average Bonchev–Trinajstić information content (AvgIpc) is 3.51. The van der Waals surface area contributed by atoms with Crippen LogP contribution in [0.2, 0.25) is 0 Å². The molecule has 10 heteroatoms. The van der Waals surface area contributed by atoms with E-state index in [1.165, 1.54) is 11.1 Å². The van der Waals surface area contributed by atoms with Crippen LogP contribution in [0.4, 0.5) is 0 Å². The van der Waals surface area contributed by atoms with E-state index in [1.54, 1.807) is 9.36 Å². The molecule has 0 amide bonds. The second-order valence-corrected chi connectivity index (χ2v) is 8.16. The van der Waals surface area contributed by atoms with Crippen LogP contribution in [-0.2, 0) is 0 Å². The fourth-order valence-electron chi connectivity index (χ4n) is 3.19. The van der Waals surface area contributed by atoms with E-state index in [4.69, 9.17) is 0 Å². The molecule has 2 heterocycles. The molecule has 4 rings (SSSR count). The fourth-order valence-corrected chi connectivity index (χ4v) is 3.19. The summed E-state index contributed by atoms with van der Waals surface area (Å²) >= 11 is 0. The first kappa shape index (κ1) is 22.8. The maximum atomic E-state index is 4.12. The molecule has 2 aromatic heterocycles. The van der Waals surface area contributed by atoms with Crippen molar-refractivity contribution in [2.75, 3.05) is 27.2 Å². The van der Waals surface area contributed by atoms with Gasteiger partial charge in [0, 0.05) is 51.7 Å². The minimum atomic E-state index is 0.673. The number of nitrogens with zero attached hydrogens (tertiary/aromatic N) is 10. The Balaban J connectivity index is 1.32. The van der Waals surface area contributed by atoms with Crippen LogP contribution in [0.25, 0.3) is 23.5 Å². The molecule has 0 spiro atoms. The van der Waals surface area contributed by atoms with E-state index in [0.29, 0.717) is 11.6 Å². The van der Waals surface area contributed by atoms with Gasteiger partial charge in [-0.2, -0.15) is 9.36 Å². The second kappa shape index (κ2) is 10.5. The Bertz CT molecular complexity index is 1150. The minimum absolute atomic E-state index is 0.673. The zero-order chi connectivity index (χ0) is 23.9. The molecule has 0 aliphatic carbocycles. The van der Waals surface area contributed by atoms with Gasteiger partial charge in [0.25, 0.3) is 0 Å². The summed E-state index contributed by atoms with van der Waals surface area (Å²) in [6, 6.07) is 16.2. The van der Waals surface area contributed by atoms with Crippen LogP contribution >= 0.6 is 0 Å². The van der Waals surface area contributed by atoms with E-state index in [-0.39, 0.29) is 0 Å². The summed E-state index contributed by atoms with van der Waals surface area (Å²) in [5, 5.41) is 24.1. The van der Waals surface area contributed by atoms with E-state index in [0.717, 1.165) is 24.5 Å². The Labute approximate surface area is 198 Å². The van der Waals surface area contributed by atoms with Crippen molar-refractivity contribution in [1.82, 2.24) is 50.2 Å². The molecule has 0 aliphatic heterocycles. The molecule has 0 unspecified atom stereocenters. The molecule has 0 aliphatic rings. The van der Waals surface area contributed by atoms with Gasteiger partial charge in [-0.05, 0) is 59.0 Å². The zero-order valence-corrected chi connectivity index (χ0v) is 19.8. The van der Waals surface area contributed by atoms with Gasteiger partial charge in [0.1, 0.15) is 0 Å². The Morgan fingerprint density at radius 3 is 1.41 bits per heavy atom. The van der Waals surface area contributed by atoms with E-state index < -0.39 is 0 Å². The third-order valence-corrected chi connectivity index (χ3v) is 5.31. The van der Waals surface area contributed by atoms with Crippen molar-refractivity contribution in [1.29, 1.82) is 0 Å². The van der Waals surface area contributed by atoms with Crippen LogP contribution < -0.4 is 0 Å². The zero-order valence-electron chi connectivity index (χ0n) is 19.8. The van der Waals surface area contributed by atoms with Gasteiger partial charge < -0.3 is 9.80 Å². The molecule has 4 aromatic rings. The first-order valence-corrected chi connectivity index (χ1v) is 11.0. The SMILES string of the molecule is Cc1ccc(-n2nnnc2/C=C/N(C)CCN(C)/C=C/c2nnnn2-c2ccc(C)cc2)cc1.